The number of aryl methyl sites for hydroxylation is 1. The van der Waals surface area contributed by atoms with E-state index in [1.807, 2.05) is 32.0 Å². The van der Waals surface area contributed by atoms with Crippen LogP contribution in [0.4, 0.5) is 10.8 Å². The quantitative estimate of drug-likeness (QED) is 0.584. The molecule has 0 unspecified atom stereocenters. The van der Waals surface area contributed by atoms with Gasteiger partial charge in [-0.25, -0.2) is 4.98 Å². The van der Waals surface area contributed by atoms with Crippen LogP contribution < -0.4 is 24.4 Å². The fourth-order valence-corrected chi connectivity index (χ4v) is 4.09. The normalized spacial score (nSPS) is 12.7. The summed E-state index contributed by atoms with van der Waals surface area (Å²) in [5.74, 6) is 1.58. The molecule has 2 aromatic carbocycles. The smallest absolute Gasteiger partial charge is 0.264 e. The van der Waals surface area contributed by atoms with E-state index in [4.69, 9.17) is 14.2 Å². The monoisotopic (exact) mass is 453 g/mol. The summed E-state index contributed by atoms with van der Waals surface area (Å²) in [5.41, 5.74) is 2.28. The van der Waals surface area contributed by atoms with Gasteiger partial charge in [0.2, 0.25) is 0 Å². The summed E-state index contributed by atoms with van der Waals surface area (Å²) in [6, 6.07) is 12.7. The van der Waals surface area contributed by atoms with Crippen molar-refractivity contribution in [3.63, 3.8) is 0 Å². The minimum absolute atomic E-state index is 0.0352. The third kappa shape index (κ3) is 4.67. The number of carbonyl (C=O) groups excluding carboxylic acids is 2. The van der Waals surface area contributed by atoms with E-state index < -0.39 is 0 Å². The highest BCUT2D eigenvalue weighted by Crippen LogP contribution is 2.37. The average Bonchev–Trinajstić information content (AvgIpc) is 3.15. The maximum atomic E-state index is 12.3. The van der Waals surface area contributed by atoms with Crippen LogP contribution in [0.1, 0.15) is 11.8 Å². The Kier molecular flexibility index (Phi) is 6.27. The minimum atomic E-state index is -0.302. The second-order valence-electron chi connectivity index (χ2n) is 7.09. The average molecular weight is 454 g/mol. The molecule has 0 radical (unpaired) electrons. The summed E-state index contributed by atoms with van der Waals surface area (Å²) in [7, 11) is 1.72. The van der Waals surface area contributed by atoms with Gasteiger partial charge in [0, 0.05) is 17.5 Å². The largest absolute Gasteiger partial charge is 0.494 e. The number of benzene rings is 2. The zero-order valence-corrected chi connectivity index (χ0v) is 18.8. The summed E-state index contributed by atoms with van der Waals surface area (Å²) in [6.07, 6.45) is 0. The van der Waals surface area contributed by atoms with Crippen LogP contribution in [0.3, 0.4) is 0 Å². The topological polar surface area (TPSA) is 90.0 Å². The molecule has 2 heterocycles. The molecule has 1 aliphatic heterocycles. The number of amides is 2. The number of rotatable bonds is 7. The molecule has 166 valence electrons. The molecule has 0 aliphatic carbocycles. The van der Waals surface area contributed by atoms with Crippen molar-refractivity contribution in [1.29, 1.82) is 0 Å². The van der Waals surface area contributed by atoms with E-state index >= 15 is 0 Å². The van der Waals surface area contributed by atoms with Gasteiger partial charge in [0.1, 0.15) is 17.2 Å². The first-order valence-electron chi connectivity index (χ1n) is 10.1. The van der Waals surface area contributed by atoms with E-state index in [0.29, 0.717) is 28.9 Å². The van der Waals surface area contributed by atoms with Crippen LogP contribution >= 0.6 is 11.3 Å². The Morgan fingerprint density at radius 3 is 2.62 bits per heavy atom. The van der Waals surface area contributed by atoms with Crippen LogP contribution in [0.5, 0.6) is 17.2 Å². The van der Waals surface area contributed by atoms with Crippen molar-refractivity contribution in [2.45, 2.75) is 13.8 Å². The van der Waals surface area contributed by atoms with E-state index in [-0.39, 0.29) is 25.0 Å². The molecule has 0 fully saturated rings. The van der Waals surface area contributed by atoms with E-state index in [1.54, 1.807) is 36.2 Å². The highest BCUT2D eigenvalue weighted by Gasteiger charge is 2.23. The molecule has 1 N–H and O–H groups in total. The molecule has 0 atom stereocenters. The Hall–Kier alpha value is -3.59. The molecule has 32 heavy (non-hydrogen) atoms. The molecule has 0 saturated heterocycles. The van der Waals surface area contributed by atoms with Crippen molar-refractivity contribution in [2.24, 2.45) is 0 Å². The van der Waals surface area contributed by atoms with Gasteiger partial charge in [-0.05, 0) is 56.3 Å². The highest BCUT2D eigenvalue weighted by molar-refractivity contribution is 7.16. The lowest BCUT2D eigenvalue weighted by molar-refractivity contribution is -0.121. The molecule has 4 rings (SSSR count). The number of thiazole rings is 1. The molecule has 3 aromatic rings. The zero-order chi connectivity index (χ0) is 22.7. The lowest BCUT2D eigenvalue weighted by atomic mass is 10.1. The van der Waals surface area contributed by atoms with Crippen LogP contribution in [-0.4, -0.2) is 43.7 Å². The Labute approximate surface area is 189 Å². The minimum Gasteiger partial charge on any atom is -0.494 e. The Balaban J connectivity index is 1.41. The van der Waals surface area contributed by atoms with Crippen LogP contribution in [0.2, 0.25) is 0 Å². The lowest BCUT2D eigenvalue weighted by Crippen LogP contribution is -2.35. The summed E-state index contributed by atoms with van der Waals surface area (Å²) in [4.78, 5) is 31.3. The molecule has 0 saturated carbocycles. The van der Waals surface area contributed by atoms with Crippen molar-refractivity contribution in [3.05, 3.63) is 47.3 Å². The summed E-state index contributed by atoms with van der Waals surface area (Å²) < 4.78 is 16.4. The first-order chi connectivity index (χ1) is 15.4. The molecule has 8 nitrogen and oxygen atoms in total. The SMILES string of the molecule is CCOc1ccc(OCC(=O)Nc2nc(-c3ccc4c(c3)N(C)C(=O)CO4)c(C)s2)cc1. The number of nitrogens with one attached hydrogen (secondary N) is 1. The molecule has 0 bridgehead atoms. The Bertz CT molecular complexity index is 1140. The summed E-state index contributed by atoms with van der Waals surface area (Å²) in [6.45, 7) is 4.34. The summed E-state index contributed by atoms with van der Waals surface area (Å²) >= 11 is 1.38. The van der Waals surface area contributed by atoms with Crippen molar-refractivity contribution in [3.8, 4) is 28.5 Å². The second-order valence-corrected chi connectivity index (χ2v) is 8.29. The maximum absolute atomic E-state index is 12.3. The number of aromatic nitrogens is 1. The van der Waals surface area contributed by atoms with E-state index in [2.05, 4.69) is 10.3 Å². The van der Waals surface area contributed by atoms with Crippen LogP contribution in [0.25, 0.3) is 11.3 Å². The number of anilines is 2. The zero-order valence-electron chi connectivity index (χ0n) is 18.0. The Morgan fingerprint density at radius 1 is 1.19 bits per heavy atom. The van der Waals surface area contributed by atoms with Gasteiger partial charge in [-0.1, -0.05) is 0 Å². The number of likely N-dealkylation sites (N-methyl/N-ethyl adjacent to an activating group) is 1. The first kappa shape index (κ1) is 21.6. The van der Waals surface area contributed by atoms with E-state index in [9.17, 15) is 9.59 Å². The van der Waals surface area contributed by atoms with E-state index in [1.165, 1.54) is 11.3 Å². The number of hydrogen-bond acceptors (Lipinski definition) is 7. The van der Waals surface area contributed by atoms with Gasteiger partial charge in [-0.3, -0.25) is 14.9 Å². The van der Waals surface area contributed by atoms with Crippen LogP contribution in [0, 0.1) is 6.92 Å². The lowest BCUT2D eigenvalue weighted by Gasteiger charge is -2.26. The molecule has 9 heteroatoms. The molecule has 1 aromatic heterocycles. The van der Waals surface area contributed by atoms with Gasteiger partial charge in [0.25, 0.3) is 11.8 Å². The molecule has 1 aliphatic rings. The highest BCUT2D eigenvalue weighted by atomic mass is 32.1. The van der Waals surface area contributed by atoms with Crippen molar-refractivity contribution < 1.29 is 23.8 Å². The number of carbonyl (C=O) groups is 2. The third-order valence-electron chi connectivity index (χ3n) is 4.87. The summed E-state index contributed by atoms with van der Waals surface area (Å²) in [5, 5.41) is 3.27. The van der Waals surface area contributed by atoms with Gasteiger partial charge in [-0.2, -0.15) is 0 Å². The van der Waals surface area contributed by atoms with Gasteiger partial charge < -0.3 is 19.1 Å². The van der Waals surface area contributed by atoms with Gasteiger partial charge in [-0.15, -0.1) is 11.3 Å². The van der Waals surface area contributed by atoms with Gasteiger partial charge >= 0.3 is 0 Å². The predicted molar refractivity (Wildman–Crippen MR) is 123 cm³/mol. The Morgan fingerprint density at radius 2 is 1.91 bits per heavy atom. The fraction of sp³-hybridized carbons (Fsp3) is 0.261. The standard InChI is InChI=1S/C23H23N3O5S/c1-4-29-16-6-8-17(9-7-16)30-12-20(27)24-23-25-22(14(2)32-23)15-5-10-19-18(11-15)26(3)21(28)13-31-19/h5-11H,4,12-13H2,1-3H3,(H,24,25,27). The predicted octanol–water partition coefficient (Wildman–Crippen LogP) is 3.89. The molecule has 2 amide bonds. The van der Waals surface area contributed by atoms with Gasteiger partial charge in [0.15, 0.2) is 18.3 Å². The maximum Gasteiger partial charge on any atom is 0.264 e. The number of hydrogen-bond donors (Lipinski definition) is 1. The number of ether oxygens (including phenoxy) is 3. The molecular weight excluding hydrogens is 430 g/mol. The van der Waals surface area contributed by atoms with Crippen molar-refractivity contribution in [2.75, 3.05) is 37.1 Å². The van der Waals surface area contributed by atoms with Crippen LogP contribution in [-0.2, 0) is 9.59 Å². The second kappa shape index (κ2) is 9.27. The van der Waals surface area contributed by atoms with Gasteiger partial charge in [0.05, 0.1) is 18.0 Å². The number of fused-ring (bicyclic) bond motifs is 1. The molecular formula is C23H23N3O5S. The van der Waals surface area contributed by atoms with Crippen molar-refractivity contribution in [1.82, 2.24) is 4.98 Å². The number of nitrogens with zero attached hydrogens (tertiary/aromatic N) is 2. The fourth-order valence-electron chi connectivity index (χ4n) is 3.24. The van der Waals surface area contributed by atoms with Crippen LogP contribution in [0.15, 0.2) is 42.5 Å². The van der Waals surface area contributed by atoms with E-state index in [0.717, 1.165) is 21.9 Å². The third-order valence-corrected chi connectivity index (χ3v) is 5.75. The first-order valence-corrected chi connectivity index (χ1v) is 10.9. The van der Waals surface area contributed by atoms with Crippen molar-refractivity contribution >= 4 is 34.0 Å². The molecule has 0 spiro atoms.